The van der Waals surface area contributed by atoms with E-state index in [1.165, 1.54) is 0 Å². The van der Waals surface area contributed by atoms with Gasteiger partial charge in [0.2, 0.25) is 11.2 Å². The summed E-state index contributed by atoms with van der Waals surface area (Å²) in [6.45, 7) is 4.41. The number of hydrogen-bond acceptors (Lipinski definition) is 7. The van der Waals surface area contributed by atoms with Crippen molar-refractivity contribution in [2.24, 2.45) is 0 Å². The highest BCUT2D eigenvalue weighted by Gasteiger charge is 2.19. The van der Waals surface area contributed by atoms with Crippen molar-refractivity contribution in [1.29, 1.82) is 0 Å². The Bertz CT molecular complexity index is 1660. The number of para-hydroxylation sites is 2. The van der Waals surface area contributed by atoms with E-state index >= 15 is 0 Å². The molecule has 0 unspecified atom stereocenters. The van der Waals surface area contributed by atoms with Gasteiger partial charge in [0.1, 0.15) is 11.2 Å². The van der Waals surface area contributed by atoms with Crippen molar-refractivity contribution in [2.75, 3.05) is 0 Å². The first-order chi connectivity index (χ1) is 15.0. The van der Waals surface area contributed by atoms with E-state index in [1.807, 2.05) is 24.5 Å². The summed E-state index contributed by atoms with van der Waals surface area (Å²) in [6, 6.07) is 10.6. The van der Waals surface area contributed by atoms with Crippen LogP contribution in [0.15, 0.2) is 56.6 Å². The molecule has 1 aromatic carbocycles. The van der Waals surface area contributed by atoms with E-state index in [9.17, 15) is 9.59 Å². The van der Waals surface area contributed by atoms with Gasteiger partial charge in [-0.3, -0.25) is 9.59 Å². The quantitative estimate of drug-likeness (QED) is 0.436. The molecule has 5 aromatic rings. The molecular weight excluding hydrogens is 416 g/mol. The first-order valence-corrected chi connectivity index (χ1v) is 9.98. The Hall–Kier alpha value is -3.92. The number of H-pyrrole nitrogens is 1. The van der Waals surface area contributed by atoms with Crippen molar-refractivity contribution >= 4 is 34.3 Å². The van der Waals surface area contributed by atoms with Crippen LogP contribution in [-0.2, 0) is 6.54 Å². The van der Waals surface area contributed by atoms with Crippen molar-refractivity contribution in [3.05, 3.63) is 73.7 Å². The second kappa shape index (κ2) is 7.10. The number of fused-ring (bicyclic) bond motifs is 2. The largest absolute Gasteiger partial charge is 0.409 e. The fourth-order valence-electron chi connectivity index (χ4n) is 3.44. The molecule has 0 aliphatic heterocycles. The minimum absolute atomic E-state index is 0.00836. The van der Waals surface area contributed by atoms with Gasteiger partial charge in [-0.15, -0.1) is 5.10 Å². The Balaban J connectivity index is 1.73. The Morgan fingerprint density at radius 2 is 1.94 bits per heavy atom. The highest BCUT2D eigenvalue weighted by atomic mass is 32.1. The van der Waals surface area contributed by atoms with Gasteiger partial charge in [0, 0.05) is 18.4 Å². The van der Waals surface area contributed by atoms with E-state index in [0.717, 1.165) is 10.4 Å². The number of nitrogens with zero attached hydrogens (tertiary/aromatic N) is 5. The number of aryl methyl sites for hydroxylation is 2. The maximum absolute atomic E-state index is 13.1. The monoisotopic (exact) mass is 432 g/mol. The second-order valence-corrected chi connectivity index (χ2v) is 7.32. The normalized spacial score (nSPS) is 11.4. The summed E-state index contributed by atoms with van der Waals surface area (Å²) in [6.07, 6.45) is 1.64. The molecule has 0 bridgehead atoms. The van der Waals surface area contributed by atoms with Crippen molar-refractivity contribution in [1.82, 2.24) is 29.3 Å². The van der Waals surface area contributed by atoms with E-state index in [-0.39, 0.29) is 27.5 Å². The van der Waals surface area contributed by atoms with Gasteiger partial charge in [-0.25, -0.2) is 9.97 Å². The molecule has 0 aliphatic carbocycles. The lowest BCUT2D eigenvalue weighted by atomic mass is 10.2. The Morgan fingerprint density at radius 1 is 1.13 bits per heavy atom. The number of nitrogens with one attached hydrogen (secondary N) is 1. The zero-order valence-corrected chi connectivity index (χ0v) is 17.4. The molecule has 10 heteroatoms. The summed E-state index contributed by atoms with van der Waals surface area (Å²) in [7, 11) is 0. The molecule has 0 fully saturated rings. The van der Waals surface area contributed by atoms with Crippen molar-refractivity contribution in [2.45, 2.75) is 20.4 Å². The van der Waals surface area contributed by atoms with Crippen LogP contribution in [0.25, 0.3) is 39.3 Å². The molecule has 0 saturated heterocycles. The van der Waals surface area contributed by atoms with E-state index in [1.54, 1.807) is 36.5 Å². The van der Waals surface area contributed by atoms with E-state index in [2.05, 4.69) is 20.1 Å². The van der Waals surface area contributed by atoms with Gasteiger partial charge in [0.05, 0.1) is 16.4 Å². The fourth-order valence-corrected chi connectivity index (χ4v) is 3.64. The van der Waals surface area contributed by atoms with Crippen molar-refractivity contribution < 1.29 is 4.42 Å². The first kappa shape index (κ1) is 19.1. The number of benzene rings is 1. The molecule has 9 nitrogen and oxygen atoms in total. The summed E-state index contributed by atoms with van der Waals surface area (Å²) >= 11 is 5.27. The standard InChI is InChI=1S/C21H16N6O3S/c1-3-26-10-13(16(28)12-9-8-11(2)22-17(12)26)20-25-27(21(31)30-20)18-19(29)24-15-7-5-4-6-14(15)23-18/h4-10H,3H2,1-2H3,(H,24,29). The number of hydrogen-bond donors (Lipinski definition) is 1. The van der Waals surface area contributed by atoms with Gasteiger partial charge < -0.3 is 14.0 Å². The number of rotatable bonds is 3. The van der Waals surface area contributed by atoms with Crippen LogP contribution < -0.4 is 11.0 Å². The second-order valence-electron chi connectivity index (χ2n) is 6.97. The van der Waals surface area contributed by atoms with Gasteiger partial charge in [-0.1, -0.05) is 12.1 Å². The highest BCUT2D eigenvalue weighted by molar-refractivity contribution is 7.71. The zero-order chi connectivity index (χ0) is 21.7. The molecule has 0 atom stereocenters. The molecule has 154 valence electrons. The van der Waals surface area contributed by atoms with Gasteiger partial charge in [0.25, 0.3) is 16.3 Å². The smallest absolute Gasteiger partial charge is 0.293 e. The lowest BCUT2D eigenvalue weighted by Crippen LogP contribution is -2.18. The maximum Gasteiger partial charge on any atom is 0.293 e. The lowest BCUT2D eigenvalue weighted by molar-refractivity contribution is 0.541. The third-order valence-corrected chi connectivity index (χ3v) is 5.22. The Morgan fingerprint density at radius 3 is 2.74 bits per heavy atom. The Kier molecular flexibility index (Phi) is 4.36. The van der Waals surface area contributed by atoms with Crippen LogP contribution in [-0.4, -0.2) is 29.3 Å². The SMILES string of the molecule is CCn1cc(-c2nn(-c3nc4ccccc4[nH]c3=O)c(=S)o2)c(=O)c2ccc(C)nc21. The third kappa shape index (κ3) is 3.08. The first-order valence-electron chi connectivity index (χ1n) is 9.57. The van der Waals surface area contributed by atoms with Crippen molar-refractivity contribution in [3.63, 3.8) is 0 Å². The predicted molar refractivity (Wildman–Crippen MR) is 118 cm³/mol. The van der Waals surface area contributed by atoms with Crippen LogP contribution in [0.1, 0.15) is 12.6 Å². The van der Waals surface area contributed by atoms with Crippen molar-refractivity contribution in [3.8, 4) is 17.3 Å². The highest BCUT2D eigenvalue weighted by Crippen LogP contribution is 2.20. The van der Waals surface area contributed by atoms with E-state index in [0.29, 0.717) is 28.6 Å². The van der Waals surface area contributed by atoms with Crippen LogP contribution in [0.3, 0.4) is 0 Å². The molecule has 5 rings (SSSR count). The minimum Gasteiger partial charge on any atom is -0.409 e. The summed E-state index contributed by atoms with van der Waals surface area (Å²) in [5.74, 6) is -0.0263. The zero-order valence-electron chi connectivity index (χ0n) is 16.6. The van der Waals surface area contributed by atoms with E-state index < -0.39 is 5.56 Å². The molecule has 0 amide bonds. The third-order valence-electron chi connectivity index (χ3n) is 4.96. The topological polar surface area (TPSA) is 112 Å². The summed E-state index contributed by atoms with van der Waals surface area (Å²) in [5, 5.41) is 4.75. The van der Waals surface area contributed by atoms with Gasteiger partial charge in [0.15, 0.2) is 0 Å². The molecule has 4 heterocycles. The molecule has 0 spiro atoms. The van der Waals surface area contributed by atoms with Crippen LogP contribution in [0.2, 0.25) is 0 Å². The number of aromatic amines is 1. The summed E-state index contributed by atoms with van der Waals surface area (Å²) in [5.41, 5.74) is 2.03. The average molecular weight is 432 g/mol. The molecule has 0 saturated carbocycles. The predicted octanol–water partition coefficient (Wildman–Crippen LogP) is 3.14. The molecule has 31 heavy (non-hydrogen) atoms. The number of pyridine rings is 2. The van der Waals surface area contributed by atoms with Crippen LogP contribution in [0, 0.1) is 11.8 Å². The van der Waals surface area contributed by atoms with E-state index in [4.69, 9.17) is 16.6 Å². The molecule has 1 N–H and O–H groups in total. The summed E-state index contributed by atoms with van der Waals surface area (Å²) < 4.78 is 8.59. The Labute approximate surface area is 179 Å². The van der Waals surface area contributed by atoms with Crippen LogP contribution in [0.5, 0.6) is 0 Å². The fraction of sp³-hybridized carbons (Fsp3) is 0.143. The minimum atomic E-state index is -0.473. The van der Waals surface area contributed by atoms with Gasteiger partial charge in [-0.05, 0) is 50.3 Å². The maximum atomic E-state index is 13.1. The average Bonchev–Trinajstić information content (AvgIpc) is 3.14. The molecular formula is C21H16N6O3S. The van der Waals surface area contributed by atoms with Crippen LogP contribution in [0.4, 0.5) is 0 Å². The molecule has 4 aromatic heterocycles. The molecule has 0 radical (unpaired) electrons. The summed E-state index contributed by atoms with van der Waals surface area (Å²) in [4.78, 5) is 37.2. The van der Waals surface area contributed by atoms with Crippen LogP contribution >= 0.6 is 12.2 Å². The van der Waals surface area contributed by atoms with Gasteiger partial charge >= 0.3 is 0 Å². The number of aromatic nitrogens is 6. The van der Waals surface area contributed by atoms with Gasteiger partial charge in [-0.2, -0.15) is 4.68 Å². The molecule has 0 aliphatic rings. The lowest BCUT2D eigenvalue weighted by Gasteiger charge is -2.09.